The third-order valence-electron chi connectivity index (χ3n) is 4.84. The maximum Gasteiger partial charge on any atom is 0.272 e. The summed E-state index contributed by atoms with van der Waals surface area (Å²) in [6.45, 7) is -5.08. The molecule has 2 aliphatic heterocycles. The van der Waals surface area contributed by atoms with E-state index in [1.807, 2.05) is 0 Å². The summed E-state index contributed by atoms with van der Waals surface area (Å²) in [4.78, 5) is 14.7. The number of aromatic nitrogens is 2. The number of hydrogen-bond acceptors (Lipinski definition) is 3. The Hall–Kier alpha value is -1.88. The van der Waals surface area contributed by atoms with E-state index < -0.39 is 49.7 Å². The van der Waals surface area contributed by atoms with Crippen LogP contribution in [0.5, 0.6) is 0 Å². The molecule has 122 valence electrons. The Morgan fingerprint density at radius 1 is 1.30 bits per heavy atom. The van der Waals surface area contributed by atoms with Crippen LogP contribution in [0.3, 0.4) is 0 Å². The van der Waals surface area contributed by atoms with Gasteiger partial charge in [-0.15, -0.1) is 0 Å². The molecule has 2 atom stereocenters. The molecule has 2 aliphatic rings. The number of nitrogens with zero attached hydrogens (tertiary/aromatic N) is 3. The lowest BCUT2D eigenvalue weighted by molar-refractivity contribution is 0.0462. The molecular weight excluding hydrogens is 288 g/mol. The van der Waals surface area contributed by atoms with Gasteiger partial charge in [0.1, 0.15) is 0 Å². The van der Waals surface area contributed by atoms with Crippen molar-refractivity contribution in [2.75, 3.05) is 6.98 Å². The number of carbonyl (C=O) groups is 1. The molecule has 23 heavy (non-hydrogen) atoms. The third-order valence-corrected chi connectivity index (χ3v) is 4.84. The van der Waals surface area contributed by atoms with Gasteiger partial charge in [-0.3, -0.25) is 9.48 Å². The molecule has 2 saturated heterocycles. The lowest BCUT2D eigenvalue weighted by Crippen LogP contribution is -2.55. The van der Waals surface area contributed by atoms with Crippen molar-refractivity contribution in [2.24, 2.45) is 6.98 Å². The summed E-state index contributed by atoms with van der Waals surface area (Å²) in [6.07, 6.45) is 3.14. The fourth-order valence-corrected chi connectivity index (χ4v) is 3.75. The first kappa shape index (κ1) is 7.34. The summed E-state index contributed by atoms with van der Waals surface area (Å²) >= 11 is 0. The van der Waals surface area contributed by atoms with Gasteiger partial charge in [0.25, 0.3) is 5.91 Å². The highest BCUT2D eigenvalue weighted by molar-refractivity contribution is 6.04. The van der Waals surface area contributed by atoms with E-state index in [2.05, 4.69) is 10.4 Å². The number of amides is 1. The second-order valence-corrected chi connectivity index (χ2v) is 6.27. The third kappa shape index (κ3) is 2.53. The molecule has 1 amide bonds. The van der Waals surface area contributed by atoms with Crippen LogP contribution in [0.1, 0.15) is 56.3 Å². The van der Waals surface area contributed by atoms with Crippen molar-refractivity contribution in [3.63, 3.8) is 0 Å². The number of hydrogen-bond donors (Lipinski definition) is 1. The lowest BCUT2D eigenvalue weighted by Gasteiger charge is -2.47. The zero-order chi connectivity index (χ0) is 24.5. The van der Waals surface area contributed by atoms with Gasteiger partial charge >= 0.3 is 0 Å². The van der Waals surface area contributed by atoms with Crippen molar-refractivity contribution < 1.29 is 18.5 Å². The first-order valence-corrected chi connectivity index (χ1v) is 7.80. The van der Waals surface area contributed by atoms with Crippen LogP contribution < -0.4 is 5.32 Å². The summed E-state index contributed by atoms with van der Waals surface area (Å²) in [5.41, 5.74) is -0.753. The molecule has 5 heteroatoms. The molecule has 2 bridgehead atoms. The van der Waals surface area contributed by atoms with Crippen molar-refractivity contribution in [1.82, 2.24) is 20.0 Å². The second kappa shape index (κ2) is 5.64. The highest BCUT2D eigenvalue weighted by atomic mass is 16.2. The van der Waals surface area contributed by atoms with Gasteiger partial charge in [0.05, 0.1) is 11.0 Å². The minimum atomic E-state index is -2.86. The molecule has 4 rings (SSSR count). The highest BCUT2D eigenvalue weighted by Crippen LogP contribution is 2.32. The van der Waals surface area contributed by atoms with Crippen molar-refractivity contribution in [3.05, 3.63) is 29.9 Å². The Morgan fingerprint density at radius 2 is 2.09 bits per heavy atom. The average molecular weight is 322 g/mol. The van der Waals surface area contributed by atoms with Gasteiger partial charge in [-0.1, -0.05) is 24.5 Å². The SMILES string of the molecule is [2H]c1c([2H])c([2H])c2c(c(C(=O)NC3C[C@H]4CCC[C@H](C3)N4C([2H])([2H])[2H])nn2C([2H])([2H])[2H])c1[2H]. The number of para-hydroxylation sites is 1. The summed E-state index contributed by atoms with van der Waals surface area (Å²) in [7, 11) is 0. The normalized spacial score (nSPS) is 35.4. The van der Waals surface area contributed by atoms with Gasteiger partial charge < -0.3 is 10.2 Å². The number of aryl methyl sites for hydroxylation is 1. The van der Waals surface area contributed by atoms with Crippen LogP contribution in [0.2, 0.25) is 0 Å². The molecular formula is C18H24N4O. The molecule has 5 nitrogen and oxygen atoms in total. The van der Waals surface area contributed by atoms with E-state index in [1.165, 1.54) is 0 Å². The Labute approximate surface area is 150 Å². The summed E-state index contributed by atoms with van der Waals surface area (Å²) in [5, 5.41) is 6.45. The van der Waals surface area contributed by atoms with E-state index in [9.17, 15) is 4.79 Å². The van der Waals surface area contributed by atoms with Crippen LogP contribution in [0.25, 0.3) is 10.9 Å². The van der Waals surface area contributed by atoms with Gasteiger partial charge in [0.15, 0.2) is 5.69 Å². The molecule has 0 unspecified atom stereocenters. The van der Waals surface area contributed by atoms with Crippen molar-refractivity contribution in [3.8, 4) is 0 Å². The van der Waals surface area contributed by atoms with Gasteiger partial charge in [0, 0.05) is 38.7 Å². The van der Waals surface area contributed by atoms with Crippen molar-refractivity contribution in [1.29, 1.82) is 0 Å². The average Bonchev–Trinajstić information content (AvgIpc) is 3.10. The lowest BCUT2D eigenvalue weighted by atomic mass is 9.82. The Balaban J connectivity index is 1.70. The molecule has 0 aliphatic carbocycles. The van der Waals surface area contributed by atoms with E-state index in [4.69, 9.17) is 13.7 Å². The zero-order valence-electron chi connectivity index (χ0n) is 22.5. The second-order valence-electron chi connectivity index (χ2n) is 6.27. The van der Waals surface area contributed by atoms with Gasteiger partial charge in [-0.25, -0.2) is 0 Å². The number of nitrogens with one attached hydrogen (secondary N) is 1. The maximum atomic E-state index is 13.2. The topological polar surface area (TPSA) is 50.2 Å². The number of fused-ring (bicyclic) bond motifs is 3. The Bertz CT molecular complexity index is 1090. The van der Waals surface area contributed by atoms with Crippen molar-refractivity contribution in [2.45, 2.75) is 50.2 Å². The molecule has 1 aromatic carbocycles. The largest absolute Gasteiger partial charge is 0.348 e. The molecule has 2 fully saturated rings. The van der Waals surface area contributed by atoms with Crippen LogP contribution in [-0.2, 0) is 6.98 Å². The predicted molar refractivity (Wildman–Crippen MR) is 90.4 cm³/mol. The quantitative estimate of drug-likeness (QED) is 0.923. The molecule has 1 aromatic heterocycles. The van der Waals surface area contributed by atoms with Gasteiger partial charge in [0.2, 0.25) is 0 Å². The first-order chi connectivity index (χ1) is 15.2. The fourth-order valence-electron chi connectivity index (χ4n) is 3.75. The molecule has 0 spiro atoms. The molecule has 1 N–H and O–H groups in total. The number of piperidine rings is 2. The summed E-state index contributed by atoms with van der Waals surface area (Å²) < 4.78 is 79.2. The van der Waals surface area contributed by atoms with Crippen LogP contribution >= 0.6 is 0 Å². The molecule has 0 saturated carbocycles. The standard InChI is InChI=1S/C18H24N4O/c1-21-13-6-5-7-14(21)11-12(10-13)19-18(23)17-15-8-3-4-9-16(15)22(2)20-17/h3-4,8-9,12-14H,5-7,10-11H2,1-2H3,(H,19,23)/t13-,14-/m1/s1/i1D3,2D3,3D,4D,8D,9D. The van der Waals surface area contributed by atoms with Crippen LogP contribution in [0.15, 0.2) is 24.2 Å². The number of carbonyl (C=O) groups excluding carboxylic acids is 1. The Morgan fingerprint density at radius 3 is 2.83 bits per heavy atom. The summed E-state index contributed by atoms with van der Waals surface area (Å²) in [5.74, 6) is -0.751. The van der Waals surface area contributed by atoms with E-state index in [-0.39, 0.29) is 29.0 Å². The van der Waals surface area contributed by atoms with Crippen LogP contribution in [0.4, 0.5) is 0 Å². The van der Waals surface area contributed by atoms with Crippen LogP contribution in [0, 0.1) is 0 Å². The number of benzene rings is 1. The van der Waals surface area contributed by atoms with Crippen LogP contribution in [-0.4, -0.2) is 45.7 Å². The minimum absolute atomic E-state index is 0.218. The van der Waals surface area contributed by atoms with Gasteiger partial charge in [-0.05, 0) is 38.7 Å². The van der Waals surface area contributed by atoms with E-state index in [1.54, 1.807) is 4.90 Å². The fraction of sp³-hybridized carbons (Fsp3) is 0.556. The summed E-state index contributed by atoms with van der Waals surface area (Å²) in [6, 6.07) is -3.14. The van der Waals surface area contributed by atoms with Crippen molar-refractivity contribution >= 4 is 16.8 Å². The smallest absolute Gasteiger partial charge is 0.272 e. The predicted octanol–water partition coefficient (Wildman–Crippen LogP) is 2.32. The molecule has 0 radical (unpaired) electrons. The first-order valence-electron chi connectivity index (χ1n) is 12.8. The minimum Gasteiger partial charge on any atom is -0.348 e. The van der Waals surface area contributed by atoms with E-state index >= 15 is 0 Å². The zero-order valence-corrected chi connectivity index (χ0v) is 12.5. The number of rotatable bonds is 2. The highest BCUT2D eigenvalue weighted by Gasteiger charge is 2.36. The van der Waals surface area contributed by atoms with E-state index in [0.29, 0.717) is 30.4 Å². The monoisotopic (exact) mass is 322 g/mol. The van der Waals surface area contributed by atoms with E-state index in [0.717, 1.165) is 6.42 Å². The molecule has 3 heterocycles. The Kier molecular flexibility index (Phi) is 1.80. The van der Waals surface area contributed by atoms with Gasteiger partial charge in [-0.2, -0.15) is 5.10 Å². The molecule has 2 aromatic rings. The maximum absolute atomic E-state index is 13.2.